The van der Waals surface area contributed by atoms with Crippen molar-refractivity contribution in [2.45, 2.75) is 13.0 Å². The average molecular weight is 259 g/mol. The average Bonchev–Trinajstić information content (AvgIpc) is 2.91. The van der Waals surface area contributed by atoms with Gasteiger partial charge < -0.3 is 14.3 Å². The van der Waals surface area contributed by atoms with Crippen molar-refractivity contribution in [1.82, 2.24) is 0 Å². The molecule has 0 radical (unpaired) electrons. The quantitative estimate of drug-likeness (QED) is 0.838. The molecule has 1 heterocycles. The van der Waals surface area contributed by atoms with Crippen LogP contribution in [0.25, 0.3) is 0 Å². The van der Waals surface area contributed by atoms with Crippen LogP contribution in [-0.2, 0) is 4.79 Å². The second-order valence-corrected chi connectivity index (χ2v) is 3.88. The van der Waals surface area contributed by atoms with E-state index in [-0.39, 0.29) is 0 Å². The minimum Gasteiger partial charge on any atom is -0.479 e. The van der Waals surface area contributed by atoms with Crippen LogP contribution in [0.3, 0.4) is 0 Å². The third-order valence-corrected chi connectivity index (χ3v) is 2.39. The summed E-state index contributed by atoms with van der Waals surface area (Å²) in [5, 5.41) is 8.73. The van der Waals surface area contributed by atoms with Gasteiger partial charge in [-0.25, -0.2) is 9.79 Å². The summed E-state index contributed by atoms with van der Waals surface area (Å²) >= 11 is 0. The number of benzene rings is 1. The van der Waals surface area contributed by atoms with E-state index in [1.165, 1.54) is 6.92 Å². The first-order valence-electron chi connectivity index (χ1n) is 5.72. The number of carbonyl (C=O) groups is 1. The second kappa shape index (κ2) is 5.86. The summed E-state index contributed by atoms with van der Waals surface area (Å²) in [7, 11) is 0. The van der Waals surface area contributed by atoms with Crippen molar-refractivity contribution < 1.29 is 19.1 Å². The zero-order valence-corrected chi connectivity index (χ0v) is 10.3. The van der Waals surface area contributed by atoms with Gasteiger partial charge in [0.1, 0.15) is 5.75 Å². The van der Waals surface area contributed by atoms with E-state index in [1.807, 2.05) is 0 Å². The SMILES string of the molecule is C[C@H](Oc1ccc(C=Nc2ccco2)cc1)C(=O)O. The molecule has 1 atom stereocenters. The van der Waals surface area contributed by atoms with Gasteiger partial charge in [0.05, 0.1) is 6.26 Å². The van der Waals surface area contributed by atoms with Gasteiger partial charge in [-0.3, -0.25) is 0 Å². The molecule has 5 heteroatoms. The van der Waals surface area contributed by atoms with Gasteiger partial charge in [0.25, 0.3) is 0 Å². The van der Waals surface area contributed by atoms with Crippen molar-refractivity contribution in [3.8, 4) is 5.75 Å². The smallest absolute Gasteiger partial charge is 0.344 e. The maximum absolute atomic E-state index is 10.6. The van der Waals surface area contributed by atoms with Gasteiger partial charge >= 0.3 is 5.97 Å². The Balaban J connectivity index is 2.00. The Hall–Kier alpha value is -2.56. The number of hydrogen-bond acceptors (Lipinski definition) is 4. The van der Waals surface area contributed by atoms with Crippen molar-refractivity contribution in [2.75, 3.05) is 0 Å². The van der Waals surface area contributed by atoms with Gasteiger partial charge in [-0.05, 0) is 42.8 Å². The fourth-order valence-corrected chi connectivity index (χ4v) is 1.37. The van der Waals surface area contributed by atoms with Crippen LogP contribution in [0.15, 0.2) is 52.1 Å². The van der Waals surface area contributed by atoms with E-state index < -0.39 is 12.1 Å². The van der Waals surface area contributed by atoms with Crippen molar-refractivity contribution >= 4 is 18.1 Å². The molecule has 0 saturated heterocycles. The highest BCUT2D eigenvalue weighted by molar-refractivity contribution is 5.81. The Morgan fingerprint density at radius 1 is 1.37 bits per heavy atom. The fourth-order valence-electron chi connectivity index (χ4n) is 1.37. The highest BCUT2D eigenvalue weighted by Crippen LogP contribution is 2.15. The van der Waals surface area contributed by atoms with E-state index in [4.69, 9.17) is 14.3 Å². The first-order chi connectivity index (χ1) is 9.15. The molecular weight excluding hydrogens is 246 g/mol. The third kappa shape index (κ3) is 3.70. The Morgan fingerprint density at radius 2 is 2.11 bits per heavy atom. The van der Waals surface area contributed by atoms with E-state index in [9.17, 15) is 4.79 Å². The van der Waals surface area contributed by atoms with Crippen LogP contribution >= 0.6 is 0 Å². The molecule has 0 saturated carbocycles. The van der Waals surface area contributed by atoms with E-state index in [2.05, 4.69) is 4.99 Å². The number of aliphatic imine (C=N–C) groups is 1. The number of nitrogens with zero attached hydrogens (tertiary/aromatic N) is 1. The zero-order valence-electron chi connectivity index (χ0n) is 10.3. The van der Waals surface area contributed by atoms with Gasteiger partial charge in [0.15, 0.2) is 6.10 Å². The minimum atomic E-state index is -0.997. The van der Waals surface area contributed by atoms with Crippen molar-refractivity contribution in [3.05, 3.63) is 48.2 Å². The molecule has 1 aromatic carbocycles. The lowest BCUT2D eigenvalue weighted by Gasteiger charge is -2.09. The molecule has 2 rings (SSSR count). The Labute approximate surface area is 110 Å². The molecule has 19 heavy (non-hydrogen) atoms. The number of rotatable bonds is 5. The molecule has 5 nitrogen and oxygen atoms in total. The largest absolute Gasteiger partial charge is 0.479 e. The molecular formula is C14H13NO4. The Kier molecular flexibility index (Phi) is 3.97. The summed E-state index contributed by atoms with van der Waals surface area (Å²) in [5.41, 5.74) is 0.867. The van der Waals surface area contributed by atoms with Gasteiger partial charge in [-0.15, -0.1) is 0 Å². The van der Waals surface area contributed by atoms with Crippen LogP contribution in [0, 0.1) is 0 Å². The lowest BCUT2D eigenvalue weighted by atomic mass is 10.2. The van der Waals surface area contributed by atoms with E-state index >= 15 is 0 Å². The maximum atomic E-state index is 10.6. The normalized spacial score (nSPS) is 12.5. The van der Waals surface area contributed by atoms with Gasteiger partial charge in [-0.2, -0.15) is 0 Å². The summed E-state index contributed by atoms with van der Waals surface area (Å²) in [5.74, 6) is 0.0355. The minimum absolute atomic E-state index is 0.505. The van der Waals surface area contributed by atoms with E-state index in [0.29, 0.717) is 11.6 Å². The first-order valence-corrected chi connectivity index (χ1v) is 5.72. The number of carboxylic acids is 1. The highest BCUT2D eigenvalue weighted by atomic mass is 16.5. The molecule has 98 valence electrons. The van der Waals surface area contributed by atoms with Crippen LogP contribution in [0.1, 0.15) is 12.5 Å². The molecule has 0 aliphatic rings. The molecule has 0 unspecified atom stereocenters. The summed E-state index contributed by atoms with van der Waals surface area (Å²) < 4.78 is 10.3. The fraction of sp³-hybridized carbons (Fsp3) is 0.143. The number of carboxylic acid groups (broad SMARTS) is 1. The monoisotopic (exact) mass is 259 g/mol. The number of ether oxygens (including phenoxy) is 1. The molecule has 0 aliphatic carbocycles. The van der Waals surface area contributed by atoms with Crippen molar-refractivity contribution in [2.24, 2.45) is 4.99 Å². The molecule has 0 fully saturated rings. The topological polar surface area (TPSA) is 72.0 Å². The molecule has 0 amide bonds. The zero-order chi connectivity index (χ0) is 13.7. The second-order valence-electron chi connectivity index (χ2n) is 3.88. The van der Waals surface area contributed by atoms with Gasteiger partial charge in [0.2, 0.25) is 5.88 Å². The van der Waals surface area contributed by atoms with Crippen LogP contribution in [-0.4, -0.2) is 23.4 Å². The molecule has 2 aromatic rings. The summed E-state index contributed by atoms with van der Waals surface area (Å²) in [4.78, 5) is 14.8. The van der Waals surface area contributed by atoms with Crippen LogP contribution in [0.5, 0.6) is 5.75 Å². The van der Waals surface area contributed by atoms with E-state index in [1.54, 1.807) is 48.9 Å². The standard InChI is InChI=1S/C14H13NO4/c1-10(14(16)17)19-12-6-4-11(5-7-12)9-15-13-3-2-8-18-13/h2-10H,1H3,(H,16,17)/t10-/m0/s1. The lowest BCUT2D eigenvalue weighted by molar-refractivity contribution is -0.144. The summed E-state index contributed by atoms with van der Waals surface area (Å²) in [6, 6.07) is 10.5. The van der Waals surface area contributed by atoms with E-state index in [0.717, 1.165) is 5.56 Å². The van der Waals surface area contributed by atoms with Crippen LogP contribution < -0.4 is 4.74 Å². The van der Waals surface area contributed by atoms with Crippen LogP contribution in [0.4, 0.5) is 5.88 Å². The van der Waals surface area contributed by atoms with Crippen LogP contribution in [0.2, 0.25) is 0 Å². The molecule has 1 aromatic heterocycles. The molecule has 1 N–H and O–H groups in total. The lowest BCUT2D eigenvalue weighted by Crippen LogP contribution is -2.22. The molecule has 0 aliphatic heterocycles. The molecule has 0 bridgehead atoms. The predicted octanol–water partition coefficient (Wildman–Crippen LogP) is 2.88. The number of hydrogen-bond donors (Lipinski definition) is 1. The third-order valence-electron chi connectivity index (χ3n) is 2.39. The number of furan rings is 1. The highest BCUT2D eigenvalue weighted by Gasteiger charge is 2.11. The van der Waals surface area contributed by atoms with Crippen molar-refractivity contribution in [1.29, 1.82) is 0 Å². The predicted molar refractivity (Wildman–Crippen MR) is 70.1 cm³/mol. The summed E-state index contributed by atoms with van der Waals surface area (Å²) in [6.45, 7) is 1.48. The Bertz CT molecular complexity index is 558. The maximum Gasteiger partial charge on any atom is 0.344 e. The molecule has 0 spiro atoms. The summed E-state index contributed by atoms with van der Waals surface area (Å²) in [6.07, 6.45) is 2.34. The number of aliphatic carboxylic acids is 1. The van der Waals surface area contributed by atoms with Crippen molar-refractivity contribution in [3.63, 3.8) is 0 Å². The Morgan fingerprint density at radius 3 is 2.68 bits per heavy atom. The van der Waals surface area contributed by atoms with Gasteiger partial charge in [-0.1, -0.05) is 0 Å². The van der Waals surface area contributed by atoms with Gasteiger partial charge in [0, 0.05) is 12.3 Å². The first kappa shape index (κ1) is 12.9.